The highest BCUT2D eigenvalue weighted by Crippen LogP contribution is 2.23. The molecule has 0 bridgehead atoms. The van der Waals surface area contributed by atoms with E-state index in [4.69, 9.17) is 11.6 Å². The minimum absolute atomic E-state index is 0.123. The molecule has 0 saturated carbocycles. The Morgan fingerprint density at radius 3 is 2.81 bits per heavy atom. The van der Waals surface area contributed by atoms with Crippen LogP contribution in [0, 0.1) is 11.7 Å². The molecule has 7 heteroatoms. The van der Waals surface area contributed by atoms with Crippen molar-refractivity contribution in [1.29, 1.82) is 0 Å². The normalized spacial score (nSPS) is 21.4. The zero-order valence-corrected chi connectivity index (χ0v) is 12.2. The van der Waals surface area contributed by atoms with Crippen molar-refractivity contribution in [2.45, 2.75) is 12.5 Å². The van der Waals surface area contributed by atoms with E-state index in [0.29, 0.717) is 0 Å². The molecule has 1 heterocycles. The molecule has 1 aromatic rings. The van der Waals surface area contributed by atoms with Crippen molar-refractivity contribution in [3.8, 4) is 0 Å². The summed E-state index contributed by atoms with van der Waals surface area (Å²) in [6.45, 7) is 0.428. The molecule has 2 atom stereocenters. The third-order valence-electron chi connectivity index (χ3n) is 3.59. The predicted octanol–water partition coefficient (Wildman–Crippen LogP) is 1.05. The van der Waals surface area contributed by atoms with Gasteiger partial charge < -0.3 is 15.3 Å². The summed E-state index contributed by atoms with van der Waals surface area (Å²) in [7, 11) is 1.52. The van der Waals surface area contributed by atoms with Crippen LogP contribution in [-0.4, -0.2) is 48.1 Å². The zero-order chi connectivity index (χ0) is 15.6. The second kappa shape index (κ2) is 6.41. The SMILES string of the molecule is CNC(=O)C[C@@H]1CN(C(=O)c2ccc(F)c(Cl)c2)C[C@@H]1O. The number of amides is 2. The largest absolute Gasteiger partial charge is 0.391 e. The van der Waals surface area contributed by atoms with Crippen molar-refractivity contribution in [3.05, 3.63) is 34.6 Å². The van der Waals surface area contributed by atoms with E-state index < -0.39 is 11.9 Å². The summed E-state index contributed by atoms with van der Waals surface area (Å²) in [5, 5.41) is 12.3. The molecule has 1 saturated heterocycles. The molecule has 1 aliphatic rings. The van der Waals surface area contributed by atoms with Gasteiger partial charge in [-0.3, -0.25) is 9.59 Å². The van der Waals surface area contributed by atoms with Crippen molar-refractivity contribution in [2.75, 3.05) is 20.1 Å². The molecule has 1 aromatic carbocycles. The third kappa shape index (κ3) is 3.51. The minimum atomic E-state index is -0.748. The average Bonchev–Trinajstić information content (AvgIpc) is 2.82. The van der Waals surface area contributed by atoms with E-state index in [0.717, 1.165) is 6.07 Å². The number of carbonyl (C=O) groups excluding carboxylic acids is 2. The van der Waals surface area contributed by atoms with Crippen LogP contribution >= 0.6 is 11.6 Å². The van der Waals surface area contributed by atoms with Crippen molar-refractivity contribution in [2.24, 2.45) is 5.92 Å². The van der Waals surface area contributed by atoms with Crippen LogP contribution in [0.3, 0.4) is 0 Å². The molecule has 0 unspecified atom stereocenters. The fourth-order valence-corrected chi connectivity index (χ4v) is 2.55. The molecule has 1 aliphatic heterocycles. The number of hydrogen-bond acceptors (Lipinski definition) is 3. The average molecular weight is 315 g/mol. The summed E-state index contributed by atoms with van der Waals surface area (Å²) >= 11 is 5.66. The van der Waals surface area contributed by atoms with Gasteiger partial charge in [0.05, 0.1) is 11.1 Å². The van der Waals surface area contributed by atoms with Gasteiger partial charge in [-0.25, -0.2) is 4.39 Å². The second-order valence-corrected chi connectivity index (χ2v) is 5.45. The first-order valence-electron chi connectivity index (χ1n) is 6.55. The van der Waals surface area contributed by atoms with Crippen LogP contribution in [-0.2, 0) is 4.79 Å². The van der Waals surface area contributed by atoms with Crippen LogP contribution < -0.4 is 5.32 Å². The number of nitrogens with one attached hydrogen (secondary N) is 1. The Hall–Kier alpha value is -1.66. The number of halogens is 2. The number of nitrogens with zero attached hydrogens (tertiary/aromatic N) is 1. The number of likely N-dealkylation sites (tertiary alicyclic amines) is 1. The molecule has 2 N–H and O–H groups in total. The molecular formula is C14H16ClFN2O3. The van der Waals surface area contributed by atoms with Crippen molar-refractivity contribution in [3.63, 3.8) is 0 Å². The molecule has 2 rings (SSSR count). The number of benzene rings is 1. The van der Waals surface area contributed by atoms with Gasteiger partial charge in [-0.2, -0.15) is 0 Å². The van der Waals surface area contributed by atoms with Gasteiger partial charge in [0.15, 0.2) is 0 Å². The highest BCUT2D eigenvalue weighted by molar-refractivity contribution is 6.31. The molecule has 114 valence electrons. The lowest BCUT2D eigenvalue weighted by Crippen LogP contribution is -2.29. The van der Waals surface area contributed by atoms with Crippen molar-refractivity contribution in [1.82, 2.24) is 10.2 Å². The van der Waals surface area contributed by atoms with Crippen LogP contribution in [0.4, 0.5) is 4.39 Å². The van der Waals surface area contributed by atoms with E-state index in [-0.39, 0.29) is 47.8 Å². The van der Waals surface area contributed by atoms with Crippen LogP contribution in [0.15, 0.2) is 18.2 Å². The smallest absolute Gasteiger partial charge is 0.254 e. The minimum Gasteiger partial charge on any atom is -0.391 e. The summed E-state index contributed by atoms with van der Waals surface area (Å²) in [4.78, 5) is 25.1. The standard InChI is InChI=1S/C14H16ClFN2O3/c1-17-13(20)5-9-6-18(7-12(9)19)14(21)8-2-3-11(16)10(15)4-8/h2-4,9,12,19H,5-7H2,1H3,(H,17,20)/t9-,12+/m1/s1. The van der Waals surface area contributed by atoms with Crippen molar-refractivity contribution >= 4 is 23.4 Å². The molecular weight excluding hydrogens is 299 g/mol. The summed E-state index contributed by atoms with van der Waals surface area (Å²) < 4.78 is 13.1. The maximum Gasteiger partial charge on any atom is 0.254 e. The van der Waals surface area contributed by atoms with Gasteiger partial charge in [-0.15, -0.1) is 0 Å². The fraction of sp³-hybridized carbons (Fsp3) is 0.429. The molecule has 0 aliphatic carbocycles. The zero-order valence-electron chi connectivity index (χ0n) is 11.5. The van der Waals surface area contributed by atoms with E-state index in [1.165, 1.54) is 24.1 Å². The first-order chi connectivity index (χ1) is 9.92. The summed E-state index contributed by atoms with van der Waals surface area (Å²) in [5.74, 6) is -1.41. The number of rotatable bonds is 3. The summed E-state index contributed by atoms with van der Waals surface area (Å²) in [6.07, 6.45) is -0.590. The Morgan fingerprint density at radius 2 is 2.19 bits per heavy atom. The second-order valence-electron chi connectivity index (χ2n) is 5.04. The maximum absolute atomic E-state index is 13.1. The van der Waals surface area contributed by atoms with Crippen LogP contribution in [0.25, 0.3) is 0 Å². The van der Waals surface area contributed by atoms with E-state index in [1.54, 1.807) is 0 Å². The molecule has 0 spiro atoms. The Morgan fingerprint density at radius 1 is 1.48 bits per heavy atom. The number of aliphatic hydroxyl groups excluding tert-OH is 1. The number of aliphatic hydroxyl groups is 1. The lowest BCUT2D eigenvalue weighted by atomic mass is 10.0. The number of β-amino-alcohol motifs (C(OH)–C–C–N with tert-alkyl or cyclic N) is 1. The van der Waals surface area contributed by atoms with Crippen molar-refractivity contribution < 1.29 is 19.1 Å². The van der Waals surface area contributed by atoms with E-state index in [9.17, 15) is 19.1 Å². The predicted molar refractivity (Wildman–Crippen MR) is 75.5 cm³/mol. The van der Waals surface area contributed by atoms with Crippen LogP contribution in [0.5, 0.6) is 0 Å². The molecule has 5 nitrogen and oxygen atoms in total. The summed E-state index contributed by atoms with van der Waals surface area (Å²) in [6, 6.07) is 3.74. The van der Waals surface area contributed by atoms with E-state index in [1.807, 2.05) is 0 Å². The monoisotopic (exact) mass is 314 g/mol. The highest BCUT2D eigenvalue weighted by Gasteiger charge is 2.35. The van der Waals surface area contributed by atoms with Gasteiger partial charge in [0.1, 0.15) is 5.82 Å². The van der Waals surface area contributed by atoms with Crippen LogP contribution in [0.1, 0.15) is 16.8 Å². The van der Waals surface area contributed by atoms with Gasteiger partial charge in [0.2, 0.25) is 5.91 Å². The lowest BCUT2D eigenvalue weighted by molar-refractivity contribution is -0.122. The quantitative estimate of drug-likeness (QED) is 0.876. The third-order valence-corrected chi connectivity index (χ3v) is 3.88. The first kappa shape index (κ1) is 15.7. The molecule has 0 aromatic heterocycles. The van der Waals surface area contributed by atoms with E-state index in [2.05, 4.69) is 5.32 Å². The number of carbonyl (C=O) groups is 2. The van der Waals surface area contributed by atoms with E-state index >= 15 is 0 Å². The van der Waals surface area contributed by atoms with Gasteiger partial charge >= 0.3 is 0 Å². The van der Waals surface area contributed by atoms with Gasteiger partial charge in [-0.1, -0.05) is 11.6 Å². The Balaban J connectivity index is 2.07. The van der Waals surface area contributed by atoms with Crippen LogP contribution in [0.2, 0.25) is 5.02 Å². The maximum atomic E-state index is 13.1. The highest BCUT2D eigenvalue weighted by atomic mass is 35.5. The number of hydrogen-bond donors (Lipinski definition) is 2. The fourth-order valence-electron chi connectivity index (χ4n) is 2.37. The molecule has 1 fully saturated rings. The Labute approximate surface area is 126 Å². The first-order valence-corrected chi connectivity index (χ1v) is 6.93. The lowest BCUT2D eigenvalue weighted by Gasteiger charge is -2.16. The topological polar surface area (TPSA) is 69.6 Å². The summed E-state index contributed by atoms with van der Waals surface area (Å²) in [5.41, 5.74) is 0.259. The van der Waals surface area contributed by atoms with Gasteiger partial charge in [0.25, 0.3) is 5.91 Å². The molecule has 0 radical (unpaired) electrons. The van der Waals surface area contributed by atoms with Gasteiger partial charge in [-0.05, 0) is 18.2 Å². The molecule has 21 heavy (non-hydrogen) atoms. The Kier molecular flexibility index (Phi) is 4.80. The van der Waals surface area contributed by atoms with Gasteiger partial charge in [0, 0.05) is 38.0 Å². The molecule has 2 amide bonds. The Bertz CT molecular complexity index is 567.